The van der Waals surface area contributed by atoms with Crippen LogP contribution in [0.4, 0.5) is 0 Å². The Morgan fingerprint density at radius 1 is 1.44 bits per heavy atom. The van der Waals surface area contributed by atoms with E-state index in [4.69, 9.17) is 4.42 Å². The fraction of sp³-hybridized carbons (Fsp3) is 0.417. The third-order valence-electron chi connectivity index (χ3n) is 2.99. The van der Waals surface area contributed by atoms with E-state index in [2.05, 4.69) is 15.3 Å². The van der Waals surface area contributed by atoms with Crippen molar-refractivity contribution in [1.29, 1.82) is 0 Å². The first-order valence-electron chi connectivity index (χ1n) is 5.68. The molecule has 0 aliphatic carbocycles. The first-order chi connectivity index (χ1) is 7.83. The zero-order chi connectivity index (χ0) is 11.0. The van der Waals surface area contributed by atoms with Crippen LogP contribution in [-0.4, -0.2) is 16.5 Å². The van der Waals surface area contributed by atoms with Gasteiger partial charge < -0.3 is 14.7 Å². The molecule has 0 spiro atoms. The average molecular weight is 217 g/mol. The lowest BCUT2D eigenvalue weighted by Gasteiger charge is -2.04. The number of H-pyrrole nitrogens is 1. The van der Waals surface area contributed by atoms with E-state index in [1.165, 1.54) is 6.42 Å². The molecule has 0 radical (unpaired) electrons. The SMILES string of the molecule is Cc1ccc(-c2cnc(C3CCCN3)[nH]2)o1. The van der Waals surface area contributed by atoms with Crippen molar-refractivity contribution >= 4 is 0 Å². The Hall–Kier alpha value is -1.55. The third-order valence-corrected chi connectivity index (χ3v) is 2.99. The minimum atomic E-state index is 0.379. The van der Waals surface area contributed by atoms with Gasteiger partial charge in [0.2, 0.25) is 0 Å². The van der Waals surface area contributed by atoms with Gasteiger partial charge in [-0.2, -0.15) is 0 Å². The second kappa shape index (κ2) is 3.79. The van der Waals surface area contributed by atoms with E-state index in [-0.39, 0.29) is 0 Å². The molecule has 1 fully saturated rings. The van der Waals surface area contributed by atoms with Crippen molar-refractivity contribution in [3.63, 3.8) is 0 Å². The van der Waals surface area contributed by atoms with Gasteiger partial charge in [0.1, 0.15) is 17.3 Å². The molecule has 3 heterocycles. The Morgan fingerprint density at radius 2 is 2.38 bits per heavy atom. The van der Waals surface area contributed by atoms with E-state index < -0.39 is 0 Å². The summed E-state index contributed by atoms with van der Waals surface area (Å²) >= 11 is 0. The highest BCUT2D eigenvalue weighted by atomic mass is 16.3. The van der Waals surface area contributed by atoms with Gasteiger partial charge in [0.25, 0.3) is 0 Å². The van der Waals surface area contributed by atoms with Crippen molar-refractivity contribution in [2.75, 3.05) is 6.54 Å². The molecule has 1 atom stereocenters. The summed E-state index contributed by atoms with van der Waals surface area (Å²) in [7, 11) is 0. The number of aromatic amines is 1. The lowest BCUT2D eigenvalue weighted by molar-refractivity contribution is 0.546. The standard InChI is InChI=1S/C12H15N3O/c1-8-4-5-11(16-8)10-7-14-12(15-10)9-3-2-6-13-9/h4-5,7,9,13H,2-3,6H2,1H3,(H,14,15). The van der Waals surface area contributed by atoms with Crippen LogP contribution in [0.15, 0.2) is 22.7 Å². The summed E-state index contributed by atoms with van der Waals surface area (Å²) in [6.45, 7) is 3.03. The number of hydrogen-bond acceptors (Lipinski definition) is 3. The Kier molecular flexibility index (Phi) is 2.29. The summed E-state index contributed by atoms with van der Waals surface area (Å²) in [5.41, 5.74) is 0.955. The maximum Gasteiger partial charge on any atom is 0.152 e. The maximum absolute atomic E-state index is 5.55. The van der Waals surface area contributed by atoms with Crippen LogP contribution in [0.25, 0.3) is 11.5 Å². The molecular weight excluding hydrogens is 202 g/mol. The molecule has 1 aliphatic rings. The van der Waals surface area contributed by atoms with Gasteiger partial charge in [-0.05, 0) is 38.4 Å². The molecule has 2 N–H and O–H groups in total. The van der Waals surface area contributed by atoms with Crippen LogP contribution in [0, 0.1) is 6.92 Å². The van der Waals surface area contributed by atoms with E-state index in [0.717, 1.165) is 36.0 Å². The van der Waals surface area contributed by atoms with E-state index >= 15 is 0 Å². The van der Waals surface area contributed by atoms with E-state index in [0.29, 0.717) is 6.04 Å². The zero-order valence-corrected chi connectivity index (χ0v) is 9.29. The number of rotatable bonds is 2. The van der Waals surface area contributed by atoms with Crippen LogP contribution in [0.2, 0.25) is 0 Å². The third kappa shape index (κ3) is 1.65. The lowest BCUT2D eigenvalue weighted by Crippen LogP contribution is -2.14. The smallest absolute Gasteiger partial charge is 0.152 e. The molecule has 0 amide bonds. The summed E-state index contributed by atoms with van der Waals surface area (Å²) in [5, 5.41) is 3.42. The summed E-state index contributed by atoms with van der Waals surface area (Å²) in [6.07, 6.45) is 4.22. The van der Waals surface area contributed by atoms with Gasteiger partial charge >= 0.3 is 0 Å². The van der Waals surface area contributed by atoms with Crippen LogP contribution >= 0.6 is 0 Å². The maximum atomic E-state index is 5.55. The predicted octanol–water partition coefficient (Wildman–Crippen LogP) is 2.40. The lowest BCUT2D eigenvalue weighted by atomic mass is 10.2. The fourth-order valence-electron chi connectivity index (χ4n) is 2.14. The van der Waals surface area contributed by atoms with Crippen molar-refractivity contribution in [3.8, 4) is 11.5 Å². The molecule has 2 aromatic rings. The molecular formula is C12H15N3O. The van der Waals surface area contributed by atoms with Gasteiger partial charge in [-0.3, -0.25) is 0 Å². The summed E-state index contributed by atoms with van der Waals surface area (Å²) in [6, 6.07) is 4.31. The number of aryl methyl sites for hydroxylation is 1. The van der Waals surface area contributed by atoms with Crippen molar-refractivity contribution in [2.24, 2.45) is 0 Å². The van der Waals surface area contributed by atoms with Gasteiger partial charge in [0, 0.05) is 0 Å². The van der Waals surface area contributed by atoms with E-state index in [1.807, 2.05) is 25.3 Å². The number of aromatic nitrogens is 2. The molecule has 84 valence electrons. The highest BCUT2D eigenvalue weighted by Gasteiger charge is 2.19. The first kappa shape index (κ1) is 9.66. The first-order valence-corrected chi connectivity index (χ1v) is 5.68. The second-order valence-corrected chi connectivity index (χ2v) is 4.24. The Bertz CT molecular complexity index is 480. The second-order valence-electron chi connectivity index (χ2n) is 4.24. The van der Waals surface area contributed by atoms with Crippen LogP contribution in [0.1, 0.15) is 30.5 Å². The molecule has 3 rings (SSSR count). The summed E-state index contributed by atoms with van der Waals surface area (Å²) in [4.78, 5) is 7.72. The van der Waals surface area contributed by atoms with Crippen molar-refractivity contribution in [2.45, 2.75) is 25.8 Å². The number of imidazole rings is 1. The fourth-order valence-corrected chi connectivity index (χ4v) is 2.14. The molecule has 16 heavy (non-hydrogen) atoms. The molecule has 1 saturated heterocycles. The zero-order valence-electron chi connectivity index (χ0n) is 9.29. The molecule has 0 saturated carbocycles. The molecule has 1 unspecified atom stereocenters. The van der Waals surface area contributed by atoms with Crippen LogP contribution in [-0.2, 0) is 0 Å². The molecule has 1 aliphatic heterocycles. The molecule has 0 aromatic carbocycles. The molecule has 4 heteroatoms. The predicted molar refractivity (Wildman–Crippen MR) is 61.0 cm³/mol. The van der Waals surface area contributed by atoms with Gasteiger partial charge in [0.15, 0.2) is 5.76 Å². The molecule has 2 aromatic heterocycles. The number of furan rings is 1. The summed E-state index contributed by atoms with van der Waals surface area (Å²) in [5.74, 6) is 2.79. The monoisotopic (exact) mass is 217 g/mol. The Morgan fingerprint density at radius 3 is 3.06 bits per heavy atom. The quantitative estimate of drug-likeness (QED) is 0.812. The minimum absolute atomic E-state index is 0.379. The van der Waals surface area contributed by atoms with Crippen molar-refractivity contribution in [1.82, 2.24) is 15.3 Å². The van der Waals surface area contributed by atoms with Gasteiger partial charge in [-0.1, -0.05) is 0 Å². The van der Waals surface area contributed by atoms with Gasteiger partial charge in [-0.15, -0.1) is 0 Å². The van der Waals surface area contributed by atoms with Crippen LogP contribution in [0.5, 0.6) is 0 Å². The van der Waals surface area contributed by atoms with Crippen LogP contribution in [0.3, 0.4) is 0 Å². The summed E-state index contributed by atoms with van der Waals surface area (Å²) < 4.78 is 5.55. The average Bonchev–Trinajstić information content (AvgIpc) is 2.97. The Labute approximate surface area is 94.1 Å². The minimum Gasteiger partial charge on any atom is -0.460 e. The molecule has 0 bridgehead atoms. The largest absolute Gasteiger partial charge is 0.460 e. The van der Waals surface area contributed by atoms with Crippen molar-refractivity contribution < 1.29 is 4.42 Å². The number of nitrogens with zero attached hydrogens (tertiary/aromatic N) is 1. The van der Waals surface area contributed by atoms with Crippen molar-refractivity contribution in [3.05, 3.63) is 29.9 Å². The van der Waals surface area contributed by atoms with Gasteiger partial charge in [0.05, 0.1) is 12.2 Å². The normalized spacial score (nSPS) is 20.4. The topological polar surface area (TPSA) is 53.9 Å². The highest BCUT2D eigenvalue weighted by molar-refractivity contribution is 5.51. The number of nitrogens with one attached hydrogen (secondary N) is 2. The highest BCUT2D eigenvalue weighted by Crippen LogP contribution is 2.24. The molecule has 4 nitrogen and oxygen atoms in total. The Balaban J connectivity index is 1.87. The van der Waals surface area contributed by atoms with Gasteiger partial charge in [-0.25, -0.2) is 4.98 Å². The number of hydrogen-bond donors (Lipinski definition) is 2. The van der Waals surface area contributed by atoms with E-state index in [9.17, 15) is 0 Å². The van der Waals surface area contributed by atoms with E-state index in [1.54, 1.807) is 0 Å². The van der Waals surface area contributed by atoms with Crippen LogP contribution < -0.4 is 5.32 Å².